The van der Waals surface area contributed by atoms with Crippen LogP contribution < -0.4 is 10.2 Å². The van der Waals surface area contributed by atoms with Crippen molar-refractivity contribution in [3.63, 3.8) is 0 Å². The molecule has 2 fully saturated rings. The number of thiophene rings is 1. The topological polar surface area (TPSA) is 91.8 Å². The number of anilines is 1. The molecule has 0 atom stereocenters. The van der Waals surface area contributed by atoms with E-state index >= 15 is 0 Å². The third kappa shape index (κ3) is 4.65. The first-order chi connectivity index (χ1) is 14.6. The monoisotopic (exact) mass is 468 g/mol. The molecule has 0 radical (unpaired) electrons. The number of nitrogens with zero attached hydrogens (tertiary/aromatic N) is 3. The van der Waals surface area contributed by atoms with E-state index in [1.165, 1.54) is 10.4 Å². The Bertz CT molecular complexity index is 983. The Labute approximate surface area is 184 Å². The number of nitrogens with one attached hydrogen (secondary N) is 1. The fourth-order valence-corrected chi connectivity index (χ4v) is 7.37. The van der Waals surface area contributed by atoms with E-state index in [4.69, 9.17) is 4.74 Å². The van der Waals surface area contributed by atoms with Gasteiger partial charge in [-0.2, -0.15) is 16.1 Å². The van der Waals surface area contributed by atoms with E-state index in [9.17, 15) is 13.2 Å². The van der Waals surface area contributed by atoms with Crippen molar-refractivity contribution in [2.45, 2.75) is 11.4 Å². The van der Waals surface area contributed by atoms with Crippen molar-refractivity contribution in [2.75, 3.05) is 55.8 Å². The van der Waals surface area contributed by atoms with E-state index in [0.717, 1.165) is 47.3 Å². The van der Waals surface area contributed by atoms with Gasteiger partial charge in [0.15, 0.2) is 0 Å². The Morgan fingerprint density at radius 1 is 1.17 bits per heavy atom. The maximum Gasteiger partial charge on any atom is 0.263 e. The summed E-state index contributed by atoms with van der Waals surface area (Å²) in [5.74, 6) is 1.99. The first kappa shape index (κ1) is 21.6. The number of carbonyl (C=O) groups is 1. The van der Waals surface area contributed by atoms with E-state index in [0.29, 0.717) is 26.3 Å². The van der Waals surface area contributed by atoms with Gasteiger partial charge in [0.05, 0.1) is 13.2 Å². The van der Waals surface area contributed by atoms with Crippen LogP contribution in [0.1, 0.15) is 15.2 Å². The summed E-state index contributed by atoms with van der Waals surface area (Å²) < 4.78 is 32.9. The molecule has 0 spiro atoms. The molecule has 30 heavy (non-hydrogen) atoms. The minimum absolute atomic E-state index is 0.0940. The Kier molecular flexibility index (Phi) is 6.94. The van der Waals surface area contributed by atoms with Crippen molar-refractivity contribution in [1.29, 1.82) is 0 Å². The first-order valence-electron chi connectivity index (χ1n) is 9.77. The number of aromatic nitrogens is 1. The van der Waals surface area contributed by atoms with Gasteiger partial charge in [-0.15, -0.1) is 11.3 Å². The summed E-state index contributed by atoms with van der Waals surface area (Å²) in [6, 6.07) is 5.29. The second kappa shape index (κ2) is 9.65. The average Bonchev–Trinajstić information content (AvgIpc) is 3.30. The van der Waals surface area contributed by atoms with E-state index in [1.54, 1.807) is 23.3 Å². The van der Waals surface area contributed by atoms with Crippen molar-refractivity contribution in [2.24, 2.45) is 0 Å². The van der Waals surface area contributed by atoms with Crippen molar-refractivity contribution in [3.8, 4) is 0 Å². The Morgan fingerprint density at radius 2 is 1.93 bits per heavy atom. The summed E-state index contributed by atoms with van der Waals surface area (Å²) in [6.07, 6.45) is 1.73. The molecule has 2 aromatic heterocycles. The molecule has 162 valence electrons. The number of thioether (sulfide) groups is 1. The minimum Gasteiger partial charge on any atom is -0.378 e. The molecule has 11 heteroatoms. The molecule has 4 rings (SSSR count). The van der Waals surface area contributed by atoms with Gasteiger partial charge in [0.25, 0.3) is 5.91 Å². The molecular weight excluding hydrogens is 444 g/mol. The number of pyridine rings is 1. The van der Waals surface area contributed by atoms with Crippen LogP contribution in [0, 0.1) is 0 Å². The molecule has 2 aromatic rings. The van der Waals surface area contributed by atoms with Gasteiger partial charge >= 0.3 is 0 Å². The molecular formula is C19H24N4O4S3. The zero-order chi connectivity index (χ0) is 21.0. The molecule has 0 saturated carbocycles. The van der Waals surface area contributed by atoms with Crippen LogP contribution in [0.2, 0.25) is 0 Å². The smallest absolute Gasteiger partial charge is 0.263 e. The SMILES string of the molecule is O=C(NCc1cccnc1N1CCOCC1)c1sccc1S(=O)(=O)N1CCSCC1. The predicted octanol–water partition coefficient (Wildman–Crippen LogP) is 1.65. The Morgan fingerprint density at radius 3 is 2.70 bits per heavy atom. The third-order valence-corrected chi connectivity index (χ3v) is 8.97. The maximum absolute atomic E-state index is 13.0. The zero-order valence-electron chi connectivity index (χ0n) is 16.5. The molecule has 4 heterocycles. The standard InChI is InChI=1S/C19H24N4O4S3/c24-19(17-16(3-11-29-17)30(25,26)23-7-12-28-13-8-23)21-14-15-2-1-4-20-18(15)22-5-9-27-10-6-22/h1-4,11H,5-10,12-14H2,(H,21,24). The first-order valence-corrected chi connectivity index (χ1v) is 13.2. The number of hydrogen-bond donors (Lipinski definition) is 1. The van der Waals surface area contributed by atoms with Crippen molar-refractivity contribution < 1.29 is 17.9 Å². The second-order valence-electron chi connectivity index (χ2n) is 6.90. The number of carbonyl (C=O) groups excluding carboxylic acids is 1. The summed E-state index contributed by atoms with van der Waals surface area (Å²) >= 11 is 2.89. The van der Waals surface area contributed by atoms with E-state index < -0.39 is 10.0 Å². The summed E-state index contributed by atoms with van der Waals surface area (Å²) in [6.45, 7) is 4.02. The second-order valence-corrected chi connectivity index (χ2v) is 10.9. The fourth-order valence-electron chi connectivity index (χ4n) is 3.48. The zero-order valence-corrected chi connectivity index (χ0v) is 18.9. The lowest BCUT2D eigenvalue weighted by Crippen LogP contribution is -2.39. The number of sulfonamides is 1. The van der Waals surface area contributed by atoms with Gasteiger partial charge in [0, 0.05) is 56.0 Å². The van der Waals surface area contributed by atoms with Crippen LogP contribution in [0.25, 0.3) is 0 Å². The highest BCUT2D eigenvalue weighted by atomic mass is 32.2. The number of rotatable bonds is 6. The minimum atomic E-state index is -3.67. The van der Waals surface area contributed by atoms with E-state index in [-0.39, 0.29) is 22.2 Å². The summed E-state index contributed by atoms with van der Waals surface area (Å²) in [4.78, 5) is 19.8. The van der Waals surface area contributed by atoms with Crippen LogP contribution in [-0.2, 0) is 21.3 Å². The lowest BCUT2D eigenvalue weighted by atomic mass is 10.2. The summed E-state index contributed by atoms with van der Waals surface area (Å²) in [5.41, 5.74) is 0.891. The van der Waals surface area contributed by atoms with Crippen LogP contribution in [0.5, 0.6) is 0 Å². The van der Waals surface area contributed by atoms with E-state index in [2.05, 4.69) is 15.2 Å². The molecule has 1 amide bonds. The summed E-state index contributed by atoms with van der Waals surface area (Å²) in [5, 5.41) is 4.54. The van der Waals surface area contributed by atoms with Crippen LogP contribution >= 0.6 is 23.1 Å². The molecule has 8 nitrogen and oxygen atoms in total. The average molecular weight is 469 g/mol. The lowest BCUT2D eigenvalue weighted by Gasteiger charge is -2.29. The molecule has 0 bridgehead atoms. The molecule has 2 saturated heterocycles. The van der Waals surface area contributed by atoms with Crippen molar-refractivity contribution >= 4 is 44.8 Å². The third-order valence-electron chi connectivity index (χ3n) is 5.04. The fraction of sp³-hybridized carbons (Fsp3) is 0.474. The largest absolute Gasteiger partial charge is 0.378 e. The molecule has 0 unspecified atom stereocenters. The number of amides is 1. The normalized spacial score (nSPS) is 18.3. The number of hydrogen-bond acceptors (Lipinski definition) is 8. The van der Waals surface area contributed by atoms with Crippen molar-refractivity contribution in [1.82, 2.24) is 14.6 Å². The highest BCUT2D eigenvalue weighted by molar-refractivity contribution is 7.99. The van der Waals surface area contributed by atoms with Crippen LogP contribution in [-0.4, -0.2) is 74.5 Å². The van der Waals surface area contributed by atoms with Gasteiger partial charge in [0.2, 0.25) is 10.0 Å². The molecule has 2 aliphatic heterocycles. The lowest BCUT2D eigenvalue weighted by molar-refractivity contribution is 0.0951. The molecule has 0 aliphatic carbocycles. The van der Waals surface area contributed by atoms with Crippen LogP contribution in [0.4, 0.5) is 5.82 Å². The van der Waals surface area contributed by atoms with E-state index in [1.807, 2.05) is 12.1 Å². The molecule has 0 aromatic carbocycles. The van der Waals surface area contributed by atoms with Crippen LogP contribution in [0.15, 0.2) is 34.7 Å². The van der Waals surface area contributed by atoms with Crippen molar-refractivity contribution in [3.05, 3.63) is 40.2 Å². The maximum atomic E-state index is 13.0. The number of morpholine rings is 1. The van der Waals surface area contributed by atoms with Crippen LogP contribution in [0.3, 0.4) is 0 Å². The van der Waals surface area contributed by atoms with Gasteiger partial charge in [0.1, 0.15) is 15.6 Å². The molecule has 1 N–H and O–H groups in total. The highest BCUT2D eigenvalue weighted by Gasteiger charge is 2.31. The van der Waals surface area contributed by atoms with Gasteiger partial charge < -0.3 is 15.0 Å². The van der Waals surface area contributed by atoms with Gasteiger partial charge in [-0.3, -0.25) is 4.79 Å². The quantitative estimate of drug-likeness (QED) is 0.689. The Hall–Kier alpha value is -1.66. The Balaban J connectivity index is 1.48. The summed E-state index contributed by atoms with van der Waals surface area (Å²) in [7, 11) is -3.67. The van der Waals surface area contributed by atoms with Gasteiger partial charge in [-0.1, -0.05) is 6.07 Å². The van der Waals surface area contributed by atoms with Gasteiger partial charge in [-0.05, 0) is 17.5 Å². The molecule has 2 aliphatic rings. The number of ether oxygens (including phenoxy) is 1. The highest BCUT2D eigenvalue weighted by Crippen LogP contribution is 2.27. The predicted molar refractivity (Wildman–Crippen MR) is 119 cm³/mol. The van der Waals surface area contributed by atoms with Gasteiger partial charge in [-0.25, -0.2) is 13.4 Å².